The Bertz CT molecular complexity index is 522. The SMILES string of the molecule is O=[N+]([O-])c1ccc(NC(CCO)c2ccco2)cc1. The maximum Gasteiger partial charge on any atom is 0.269 e. The third-order valence-corrected chi connectivity index (χ3v) is 2.72. The van der Waals surface area contributed by atoms with Crippen molar-refractivity contribution in [1.82, 2.24) is 0 Å². The van der Waals surface area contributed by atoms with E-state index >= 15 is 0 Å². The molecule has 0 fully saturated rings. The molecule has 6 nitrogen and oxygen atoms in total. The summed E-state index contributed by atoms with van der Waals surface area (Å²) >= 11 is 0. The van der Waals surface area contributed by atoms with E-state index in [4.69, 9.17) is 9.52 Å². The first-order valence-corrected chi connectivity index (χ1v) is 5.86. The molecule has 0 aliphatic heterocycles. The summed E-state index contributed by atoms with van der Waals surface area (Å²) in [4.78, 5) is 10.1. The van der Waals surface area contributed by atoms with Crippen molar-refractivity contribution >= 4 is 11.4 Å². The van der Waals surface area contributed by atoms with Gasteiger partial charge in [-0.1, -0.05) is 0 Å². The number of furan rings is 1. The zero-order chi connectivity index (χ0) is 13.7. The van der Waals surface area contributed by atoms with Gasteiger partial charge in [-0.15, -0.1) is 0 Å². The van der Waals surface area contributed by atoms with Crippen molar-refractivity contribution in [3.8, 4) is 0 Å². The molecule has 0 aliphatic rings. The van der Waals surface area contributed by atoms with Crippen LogP contribution in [0.25, 0.3) is 0 Å². The molecular weight excluding hydrogens is 248 g/mol. The smallest absolute Gasteiger partial charge is 0.269 e. The Balaban J connectivity index is 2.11. The molecule has 0 amide bonds. The fraction of sp³-hybridized carbons (Fsp3) is 0.231. The summed E-state index contributed by atoms with van der Waals surface area (Å²) in [5.41, 5.74) is 0.780. The molecule has 0 bridgehead atoms. The number of hydrogen-bond acceptors (Lipinski definition) is 5. The Morgan fingerprint density at radius 2 is 2.05 bits per heavy atom. The Hall–Kier alpha value is -2.34. The van der Waals surface area contributed by atoms with Crippen LogP contribution in [0.3, 0.4) is 0 Å². The van der Waals surface area contributed by atoms with Gasteiger partial charge in [0, 0.05) is 24.4 Å². The van der Waals surface area contributed by atoms with Gasteiger partial charge in [0.15, 0.2) is 0 Å². The number of nitro groups is 1. The van der Waals surface area contributed by atoms with E-state index in [0.29, 0.717) is 12.2 Å². The van der Waals surface area contributed by atoms with Crippen LogP contribution in [0.4, 0.5) is 11.4 Å². The van der Waals surface area contributed by atoms with Crippen LogP contribution >= 0.6 is 0 Å². The number of benzene rings is 1. The predicted molar refractivity (Wildman–Crippen MR) is 69.9 cm³/mol. The highest BCUT2D eigenvalue weighted by Crippen LogP contribution is 2.24. The zero-order valence-corrected chi connectivity index (χ0v) is 10.2. The van der Waals surface area contributed by atoms with Crippen molar-refractivity contribution in [1.29, 1.82) is 0 Å². The first kappa shape index (κ1) is 13.1. The molecular formula is C13H14N2O4. The molecule has 1 aromatic heterocycles. The number of non-ortho nitro benzene ring substituents is 1. The highest BCUT2D eigenvalue weighted by Gasteiger charge is 2.14. The molecule has 19 heavy (non-hydrogen) atoms. The van der Waals surface area contributed by atoms with Crippen molar-refractivity contribution in [3.05, 3.63) is 58.5 Å². The largest absolute Gasteiger partial charge is 0.467 e. The number of rotatable bonds is 6. The molecule has 2 rings (SSSR count). The van der Waals surface area contributed by atoms with Crippen molar-refractivity contribution in [2.45, 2.75) is 12.5 Å². The lowest BCUT2D eigenvalue weighted by atomic mass is 10.1. The molecule has 0 radical (unpaired) electrons. The van der Waals surface area contributed by atoms with E-state index in [2.05, 4.69) is 5.32 Å². The second-order valence-electron chi connectivity index (χ2n) is 4.03. The minimum Gasteiger partial charge on any atom is -0.467 e. The summed E-state index contributed by atoms with van der Waals surface area (Å²) in [6.07, 6.45) is 2.06. The van der Waals surface area contributed by atoms with Crippen molar-refractivity contribution in [2.75, 3.05) is 11.9 Å². The summed E-state index contributed by atoms with van der Waals surface area (Å²) in [5, 5.41) is 22.8. The number of hydrogen-bond donors (Lipinski definition) is 2. The summed E-state index contributed by atoms with van der Waals surface area (Å²) < 4.78 is 5.30. The Morgan fingerprint density at radius 3 is 2.58 bits per heavy atom. The average Bonchev–Trinajstić information content (AvgIpc) is 2.92. The lowest BCUT2D eigenvalue weighted by molar-refractivity contribution is -0.384. The van der Waals surface area contributed by atoms with E-state index < -0.39 is 4.92 Å². The Morgan fingerprint density at radius 1 is 1.32 bits per heavy atom. The van der Waals surface area contributed by atoms with E-state index in [1.807, 2.05) is 6.07 Å². The second-order valence-corrected chi connectivity index (χ2v) is 4.03. The number of nitrogens with zero attached hydrogens (tertiary/aromatic N) is 1. The van der Waals surface area contributed by atoms with E-state index in [0.717, 1.165) is 5.69 Å². The molecule has 1 aromatic carbocycles. The Labute approximate surface area is 109 Å². The summed E-state index contributed by atoms with van der Waals surface area (Å²) in [7, 11) is 0. The van der Waals surface area contributed by atoms with Gasteiger partial charge in [0.25, 0.3) is 5.69 Å². The van der Waals surface area contributed by atoms with Crippen LogP contribution in [0.2, 0.25) is 0 Å². The van der Waals surface area contributed by atoms with Gasteiger partial charge in [-0.05, 0) is 30.7 Å². The van der Waals surface area contributed by atoms with E-state index in [1.165, 1.54) is 12.1 Å². The average molecular weight is 262 g/mol. The highest BCUT2D eigenvalue weighted by molar-refractivity contribution is 5.49. The quantitative estimate of drug-likeness (QED) is 0.617. The molecule has 6 heteroatoms. The molecule has 2 N–H and O–H groups in total. The van der Waals surface area contributed by atoms with Gasteiger partial charge in [0.05, 0.1) is 17.2 Å². The van der Waals surface area contributed by atoms with E-state index in [1.54, 1.807) is 24.5 Å². The van der Waals surface area contributed by atoms with Crippen LogP contribution in [0.1, 0.15) is 18.2 Å². The molecule has 0 aliphatic carbocycles. The Kier molecular flexibility index (Phi) is 4.15. The highest BCUT2D eigenvalue weighted by atomic mass is 16.6. The maximum atomic E-state index is 10.6. The van der Waals surface area contributed by atoms with Gasteiger partial charge in [-0.25, -0.2) is 0 Å². The van der Waals surface area contributed by atoms with Crippen LogP contribution in [-0.2, 0) is 0 Å². The first-order chi connectivity index (χ1) is 9.20. The molecule has 1 unspecified atom stereocenters. The molecule has 1 atom stereocenters. The lowest BCUT2D eigenvalue weighted by Gasteiger charge is -2.16. The van der Waals surface area contributed by atoms with E-state index in [9.17, 15) is 10.1 Å². The molecule has 100 valence electrons. The van der Waals surface area contributed by atoms with Gasteiger partial charge >= 0.3 is 0 Å². The molecule has 0 saturated heterocycles. The number of nitro benzene ring substituents is 1. The van der Waals surface area contributed by atoms with Crippen molar-refractivity contribution < 1.29 is 14.4 Å². The number of aliphatic hydroxyl groups excluding tert-OH is 1. The van der Waals surface area contributed by atoms with Gasteiger partial charge in [0.1, 0.15) is 5.76 Å². The zero-order valence-electron chi connectivity index (χ0n) is 10.2. The fourth-order valence-corrected chi connectivity index (χ4v) is 1.78. The third kappa shape index (κ3) is 3.32. The van der Waals surface area contributed by atoms with Gasteiger partial charge in [0.2, 0.25) is 0 Å². The van der Waals surface area contributed by atoms with Crippen LogP contribution in [-0.4, -0.2) is 16.6 Å². The van der Waals surface area contributed by atoms with Gasteiger partial charge in [-0.3, -0.25) is 10.1 Å². The van der Waals surface area contributed by atoms with Crippen LogP contribution in [0.15, 0.2) is 47.1 Å². The minimum atomic E-state index is -0.443. The summed E-state index contributed by atoms with van der Waals surface area (Å²) in [5.74, 6) is 0.715. The summed E-state index contributed by atoms with van der Waals surface area (Å²) in [6.45, 7) is 0.0192. The minimum absolute atomic E-state index is 0.0192. The number of aliphatic hydroxyl groups is 1. The third-order valence-electron chi connectivity index (χ3n) is 2.72. The molecule has 2 aromatic rings. The monoisotopic (exact) mass is 262 g/mol. The fourth-order valence-electron chi connectivity index (χ4n) is 1.78. The number of anilines is 1. The number of nitrogens with one attached hydrogen (secondary N) is 1. The maximum absolute atomic E-state index is 10.6. The molecule has 1 heterocycles. The predicted octanol–water partition coefficient (Wildman–Crippen LogP) is 2.72. The second kappa shape index (κ2) is 6.01. The molecule has 0 saturated carbocycles. The van der Waals surface area contributed by atoms with Crippen LogP contribution in [0.5, 0.6) is 0 Å². The standard InChI is InChI=1S/C13H14N2O4/c16-8-7-12(13-2-1-9-19-13)14-10-3-5-11(6-4-10)15(17)18/h1-6,9,12,14,16H,7-8H2. The summed E-state index contributed by atoms with van der Waals surface area (Å²) in [6, 6.07) is 9.55. The topological polar surface area (TPSA) is 88.5 Å². The van der Waals surface area contributed by atoms with Crippen molar-refractivity contribution in [3.63, 3.8) is 0 Å². The van der Waals surface area contributed by atoms with Crippen molar-refractivity contribution in [2.24, 2.45) is 0 Å². The van der Waals surface area contributed by atoms with Gasteiger partial charge < -0.3 is 14.8 Å². The van der Waals surface area contributed by atoms with E-state index in [-0.39, 0.29) is 18.3 Å². The molecule has 0 spiro atoms. The first-order valence-electron chi connectivity index (χ1n) is 5.86. The normalized spacial score (nSPS) is 12.1. The van der Waals surface area contributed by atoms with Crippen LogP contribution in [0, 0.1) is 10.1 Å². The van der Waals surface area contributed by atoms with Crippen LogP contribution < -0.4 is 5.32 Å². The van der Waals surface area contributed by atoms with Gasteiger partial charge in [-0.2, -0.15) is 0 Å². The lowest BCUT2D eigenvalue weighted by Crippen LogP contribution is -2.11.